The van der Waals surface area contributed by atoms with Crippen molar-refractivity contribution in [1.29, 1.82) is 0 Å². The third-order valence-electron chi connectivity index (χ3n) is 3.59. The predicted molar refractivity (Wildman–Crippen MR) is 78.3 cm³/mol. The summed E-state index contributed by atoms with van der Waals surface area (Å²) in [5.74, 6) is 0.232. The number of fused-ring (bicyclic) bond motifs is 1. The molecule has 0 unspecified atom stereocenters. The molecule has 0 saturated carbocycles. The van der Waals surface area contributed by atoms with Gasteiger partial charge in [0.1, 0.15) is 5.82 Å². The van der Waals surface area contributed by atoms with E-state index >= 15 is 0 Å². The largest absolute Gasteiger partial charge is 0.352 e. The van der Waals surface area contributed by atoms with E-state index < -0.39 is 0 Å². The Bertz CT molecular complexity index is 542. The third kappa shape index (κ3) is 3.00. The van der Waals surface area contributed by atoms with E-state index in [-0.39, 0.29) is 10.6 Å². The van der Waals surface area contributed by atoms with Crippen LogP contribution in [0.2, 0.25) is 0 Å². The zero-order valence-corrected chi connectivity index (χ0v) is 12.3. The monoisotopic (exact) mass is 282 g/mol. The van der Waals surface area contributed by atoms with Crippen LogP contribution < -0.4 is 5.32 Å². The molecule has 0 saturated heterocycles. The summed E-state index contributed by atoms with van der Waals surface area (Å²) in [6.07, 6.45) is 5.62. The van der Waals surface area contributed by atoms with Crippen LogP contribution in [-0.2, 0) is 0 Å². The Morgan fingerprint density at radius 1 is 1.37 bits per heavy atom. The summed E-state index contributed by atoms with van der Waals surface area (Å²) in [6, 6.07) is 3.01. The Labute approximate surface area is 116 Å². The number of hydrogen-bond acceptors (Lipinski definition) is 4. The molecule has 0 radical (unpaired) electrons. The van der Waals surface area contributed by atoms with E-state index in [2.05, 4.69) is 35.5 Å². The van der Waals surface area contributed by atoms with Gasteiger partial charge in [-0.25, -0.2) is 8.91 Å². The highest BCUT2D eigenvalue weighted by molar-refractivity contribution is 8.00. The Morgan fingerprint density at radius 3 is 2.74 bits per heavy atom. The van der Waals surface area contributed by atoms with Gasteiger partial charge in [0.2, 0.25) is 5.95 Å². The van der Waals surface area contributed by atoms with Crippen molar-refractivity contribution in [2.45, 2.75) is 31.4 Å². The van der Waals surface area contributed by atoms with Crippen molar-refractivity contribution in [3.63, 3.8) is 0 Å². The maximum atomic E-state index is 13.1. The molecule has 0 aliphatic heterocycles. The Morgan fingerprint density at radius 2 is 2.11 bits per heavy atom. The van der Waals surface area contributed by atoms with Gasteiger partial charge in [-0.15, -0.1) is 5.10 Å². The van der Waals surface area contributed by atoms with Gasteiger partial charge >= 0.3 is 0 Å². The highest BCUT2D eigenvalue weighted by atomic mass is 32.2. The van der Waals surface area contributed by atoms with Crippen LogP contribution in [0.15, 0.2) is 18.3 Å². The molecule has 0 aliphatic carbocycles. The van der Waals surface area contributed by atoms with E-state index in [4.69, 9.17) is 0 Å². The summed E-state index contributed by atoms with van der Waals surface area (Å²) in [4.78, 5) is 4.32. The summed E-state index contributed by atoms with van der Waals surface area (Å²) < 4.78 is 14.7. The fourth-order valence-corrected chi connectivity index (χ4v) is 2.83. The lowest BCUT2D eigenvalue weighted by molar-refractivity contribution is 0.573. The zero-order chi connectivity index (χ0) is 13.9. The molecule has 0 atom stereocenters. The van der Waals surface area contributed by atoms with Gasteiger partial charge in [0.25, 0.3) is 0 Å². The Kier molecular flexibility index (Phi) is 4.29. The van der Waals surface area contributed by atoms with E-state index in [1.54, 1.807) is 6.07 Å². The van der Waals surface area contributed by atoms with Gasteiger partial charge in [0, 0.05) is 11.3 Å². The molecule has 0 bridgehead atoms. The molecular weight excluding hydrogens is 263 g/mol. The first-order valence-corrected chi connectivity index (χ1v) is 7.66. The molecule has 0 spiro atoms. The van der Waals surface area contributed by atoms with Crippen molar-refractivity contribution < 1.29 is 4.39 Å². The van der Waals surface area contributed by atoms with Crippen LogP contribution in [0, 0.1) is 5.82 Å². The molecule has 104 valence electrons. The summed E-state index contributed by atoms with van der Waals surface area (Å²) in [6.45, 7) is 5.18. The van der Waals surface area contributed by atoms with Gasteiger partial charge in [-0.3, -0.25) is 0 Å². The number of nitrogens with zero attached hydrogens (tertiary/aromatic N) is 3. The van der Waals surface area contributed by atoms with E-state index in [1.165, 1.54) is 16.8 Å². The van der Waals surface area contributed by atoms with Crippen molar-refractivity contribution in [2.75, 3.05) is 18.1 Å². The van der Waals surface area contributed by atoms with Crippen LogP contribution in [0.5, 0.6) is 0 Å². The highest BCUT2D eigenvalue weighted by Gasteiger charge is 2.25. The standard InChI is InChI=1S/C13H19FN4S/c1-4-13(5-2,19-3)9-15-12-16-11-7-6-10(14)8-18(11)17-12/h6-8H,4-5,9H2,1-3H3,(H,15,17). The molecule has 2 heterocycles. The summed E-state index contributed by atoms with van der Waals surface area (Å²) in [5, 5.41) is 7.49. The third-order valence-corrected chi connectivity index (χ3v) is 5.17. The van der Waals surface area contributed by atoms with Gasteiger partial charge in [0.05, 0.1) is 6.20 Å². The van der Waals surface area contributed by atoms with Gasteiger partial charge < -0.3 is 5.32 Å². The van der Waals surface area contributed by atoms with Crippen molar-refractivity contribution in [3.05, 3.63) is 24.1 Å². The molecule has 0 aliphatic rings. The smallest absolute Gasteiger partial charge is 0.243 e. The van der Waals surface area contributed by atoms with Crippen LogP contribution in [0.25, 0.3) is 5.65 Å². The molecule has 2 rings (SSSR count). The molecular formula is C13H19FN4S. The number of nitrogens with one attached hydrogen (secondary N) is 1. The van der Waals surface area contributed by atoms with Crippen LogP contribution in [0.4, 0.5) is 10.3 Å². The number of pyridine rings is 1. The van der Waals surface area contributed by atoms with Gasteiger partial charge in [0.15, 0.2) is 5.65 Å². The zero-order valence-electron chi connectivity index (χ0n) is 11.5. The van der Waals surface area contributed by atoms with Gasteiger partial charge in [-0.1, -0.05) is 13.8 Å². The molecule has 0 aromatic carbocycles. The van der Waals surface area contributed by atoms with E-state index in [0.29, 0.717) is 11.6 Å². The SMILES string of the molecule is CCC(CC)(CNc1nc2ccc(F)cn2n1)SC. The molecule has 19 heavy (non-hydrogen) atoms. The van der Waals surface area contributed by atoms with E-state index in [9.17, 15) is 4.39 Å². The maximum absolute atomic E-state index is 13.1. The highest BCUT2D eigenvalue weighted by Crippen LogP contribution is 2.30. The lowest BCUT2D eigenvalue weighted by Crippen LogP contribution is -2.32. The summed E-state index contributed by atoms with van der Waals surface area (Å²) in [5.41, 5.74) is 0.645. The second kappa shape index (κ2) is 5.77. The van der Waals surface area contributed by atoms with Crippen LogP contribution in [0.1, 0.15) is 26.7 Å². The average molecular weight is 282 g/mol. The van der Waals surface area contributed by atoms with Crippen molar-refractivity contribution in [2.24, 2.45) is 0 Å². The lowest BCUT2D eigenvalue weighted by Gasteiger charge is -2.29. The fourth-order valence-electron chi connectivity index (χ4n) is 2.03. The number of aromatic nitrogens is 3. The van der Waals surface area contributed by atoms with E-state index in [1.807, 2.05) is 11.8 Å². The quantitative estimate of drug-likeness (QED) is 0.883. The number of anilines is 1. The number of thioether (sulfide) groups is 1. The van der Waals surface area contributed by atoms with Gasteiger partial charge in [-0.05, 0) is 31.2 Å². The maximum Gasteiger partial charge on any atom is 0.243 e. The lowest BCUT2D eigenvalue weighted by atomic mass is 10.0. The minimum absolute atomic E-state index is 0.197. The Balaban J connectivity index is 2.13. The van der Waals surface area contributed by atoms with Crippen molar-refractivity contribution in [1.82, 2.24) is 14.6 Å². The summed E-state index contributed by atoms with van der Waals surface area (Å²) in [7, 11) is 0. The van der Waals surface area contributed by atoms with Crippen molar-refractivity contribution in [3.8, 4) is 0 Å². The second-order valence-corrected chi connectivity index (χ2v) is 5.81. The molecule has 1 N–H and O–H groups in total. The summed E-state index contributed by atoms with van der Waals surface area (Å²) >= 11 is 1.86. The first kappa shape index (κ1) is 14.1. The molecule has 2 aromatic heterocycles. The number of halogens is 1. The average Bonchev–Trinajstić information content (AvgIpc) is 2.83. The van der Waals surface area contributed by atoms with Crippen LogP contribution >= 0.6 is 11.8 Å². The second-order valence-electron chi connectivity index (χ2n) is 4.53. The molecule has 2 aromatic rings. The minimum atomic E-state index is -0.315. The van der Waals surface area contributed by atoms with E-state index in [0.717, 1.165) is 19.4 Å². The predicted octanol–water partition coefficient (Wildman–Crippen LogP) is 3.20. The minimum Gasteiger partial charge on any atom is -0.352 e. The fraction of sp³-hybridized carbons (Fsp3) is 0.538. The molecule has 0 amide bonds. The van der Waals surface area contributed by atoms with Crippen molar-refractivity contribution >= 4 is 23.4 Å². The number of rotatable bonds is 6. The first-order chi connectivity index (χ1) is 9.12. The van der Waals surface area contributed by atoms with Gasteiger partial charge in [-0.2, -0.15) is 16.7 Å². The van der Waals surface area contributed by atoms with Crippen LogP contribution in [0.3, 0.4) is 0 Å². The first-order valence-electron chi connectivity index (χ1n) is 6.43. The topological polar surface area (TPSA) is 42.2 Å². The Hall–Kier alpha value is -1.30. The normalized spacial score (nSPS) is 12.0. The van der Waals surface area contributed by atoms with Crippen LogP contribution in [-0.4, -0.2) is 32.1 Å². The molecule has 0 fully saturated rings. The molecule has 4 nitrogen and oxygen atoms in total. The number of hydrogen-bond donors (Lipinski definition) is 1. The molecule has 6 heteroatoms.